The molecule has 4 rings (SSSR count). The van der Waals surface area contributed by atoms with Crippen LogP contribution in [0.3, 0.4) is 0 Å². The van der Waals surface area contributed by atoms with Crippen molar-refractivity contribution in [3.8, 4) is 0 Å². The van der Waals surface area contributed by atoms with Gasteiger partial charge in [-0.1, -0.05) is 60.7 Å². The molecule has 2 aromatic carbocycles. The molecule has 4 heteroatoms. The second-order valence-electron chi connectivity index (χ2n) is 6.40. The lowest BCUT2D eigenvalue weighted by Gasteiger charge is -2.28. The first-order chi connectivity index (χ1) is 12.8. The van der Waals surface area contributed by atoms with Crippen molar-refractivity contribution in [2.45, 2.75) is 19.1 Å². The van der Waals surface area contributed by atoms with Crippen molar-refractivity contribution in [1.29, 1.82) is 0 Å². The zero-order chi connectivity index (χ0) is 17.9. The number of ether oxygens (including phenoxy) is 2. The van der Waals surface area contributed by atoms with Gasteiger partial charge in [0.15, 0.2) is 0 Å². The van der Waals surface area contributed by atoms with Crippen LogP contribution in [0.15, 0.2) is 66.7 Å². The third-order valence-corrected chi connectivity index (χ3v) is 4.81. The Kier molecular flexibility index (Phi) is 4.59. The van der Waals surface area contributed by atoms with Gasteiger partial charge in [0.2, 0.25) is 0 Å². The van der Waals surface area contributed by atoms with Crippen LogP contribution in [0, 0.1) is 0 Å². The maximum atomic E-state index is 12.4. The average Bonchev–Trinajstić information content (AvgIpc) is 3.07. The molecule has 0 radical (unpaired) electrons. The summed E-state index contributed by atoms with van der Waals surface area (Å²) in [5, 5.41) is 0. The van der Waals surface area contributed by atoms with E-state index in [1.54, 1.807) is 0 Å². The number of rotatable bonds is 4. The van der Waals surface area contributed by atoms with Crippen LogP contribution in [-0.2, 0) is 22.4 Å². The first kappa shape index (κ1) is 16.6. The second-order valence-corrected chi connectivity index (χ2v) is 6.40. The highest BCUT2D eigenvalue weighted by Gasteiger charge is 2.31. The number of aromatic nitrogens is 1. The number of nitrogens with zero attached hydrogens (tertiary/aromatic N) is 1. The van der Waals surface area contributed by atoms with Gasteiger partial charge in [0.05, 0.1) is 25.0 Å². The number of fused-ring (bicyclic) bond motifs is 1. The monoisotopic (exact) mass is 347 g/mol. The molecule has 1 unspecified atom stereocenters. The van der Waals surface area contributed by atoms with Crippen molar-refractivity contribution < 1.29 is 14.3 Å². The first-order valence-corrected chi connectivity index (χ1v) is 8.79. The standard InChI is InChI=1S/C22H21NO3/c1-25-22(24)19-15-18(14-16-8-4-2-5-9-16)23-12-13-26-21(20(19)23)17-10-6-3-7-11-17/h2-11,15,21H,12-14H2,1H3. The number of benzene rings is 2. The molecular formula is C22H21NO3. The van der Waals surface area contributed by atoms with Gasteiger partial charge in [-0.3, -0.25) is 0 Å². The molecule has 0 spiro atoms. The fourth-order valence-corrected chi connectivity index (χ4v) is 3.61. The number of hydrogen-bond donors (Lipinski definition) is 0. The van der Waals surface area contributed by atoms with E-state index in [4.69, 9.17) is 9.47 Å². The summed E-state index contributed by atoms with van der Waals surface area (Å²) in [6.45, 7) is 1.35. The van der Waals surface area contributed by atoms with Crippen molar-refractivity contribution in [1.82, 2.24) is 4.57 Å². The lowest BCUT2D eigenvalue weighted by molar-refractivity contribution is 0.0416. The highest BCUT2D eigenvalue weighted by molar-refractivity contribution is 5.91. The van der Waals surface area contributed by atoms with Gasteiger partial charge in [0.25, 0.3) is 0 Å². The lowest BCUT2D eigenvalue weighted by Crippen LogP contribution is -2.25. The molecule has 0 bridgehead atoms. The van der Waals surface area contributed by atoms with Crippen LogP contribution in [0.4, 0.5) is 0 Å². The van der Waals surface area contributed by atoms with Crippen molar-refractivity contribution in [2.24, 2.45) is 0 Å². The van der Waals surface area contributed by atoms with E-state index in [0.717, 1.165) is 29.9 Å². The van der Waals surface area contributed by atoms with E-state index in [0.29, 0.717) is 12.2 Å². The fourth-order valence-electron chi connectivity index (χ4n) is 3.61. The Labute approximate surface area is 153 Å². The Hall–Kier alpha value is -2.85. The molecule has 26 heavy (non-hydrogen) atoms. The van der Waals surface area contributed by atoms with Gasteiger partial charge in [-0.15, -0.1) is 0 Å². The second kappa shape index (κ2) is 7.18. The topological polar surface area (TPSA) is 40.5 Å². The number of methoxy groups -OCH3 is 1. The minimum Gasteiger partial charge on any atom is -0.465 e. The van der Waals surface area contributed by atoms with Crippen molar-refractivity contribution >= 4 is 5.97 Å². The van der Waals surface area contributed by atoms with Gasteiger partial charge >= 0.3 is 5.97 Å². The van der Waals surface area contributed by atoms with E-state index in [1.807, 2.05) is 54.6 Å². The predicted octanol–water partition coefficient (Wildman–Crippen LogP) is 3.99. The summed E-state index contributed by atoms with van der Waals surface area (Å²) < 4.78 is 13.3. The van der Waals surface area contributed by atoms with Crippen LogP contribution in [-0.4, -0.2) is 24.3 Å². The maximum Gasteiger partial charge on any atom is 0.339 e. The molecule has 0 fully saturated rings. The summed E-state index contributed by atoms with van der Waals surface area (Å²) in [5.74, 6) is -0.320. The third-order valence-electron chi connectivity index (χ3n) is 4.81. The van der Waals surface area contributed by atoms with Gasteiger partial charge < -0.3 is 14.0 Å². The molecular weight excluding hydrogens is 326 g/mol. The molecule has 0 aliphatic carbocycles. The largest absolute Gasteiger partial charge is 0.465 e. The van der Waals surface area contributed by atoms with E-state index in [9.17, 15) is 4.79 Å². The highest BCUT2D eigenvalue weighted by atomic mass is 16.5. The van der Waals surface area contributed by atoms with Crippen LogP contribution < -0.4 is 0 Å². The van der Waals surface area contributed by atoms with Crippen LogP contribution >= 0.6 is 0 Å². The summed E-state index contributed by atoms with van der Waals surface area (Å²) in [4.78, 5) is 12.4. The van der Waals surface area contributed by atoms with E-state index >= 15 is 0 Å². The molecule has 0 saturated heterocycles. The zero-order valence-electron chi connectivity index (χ0n) is 14.7. The van der Waals surface area contributed by atoms with Gasteiger partial charge in [0, 0.05) is 18.7 Å². The summed E-state index contributed by atoms with van der Waals surface area (Å²) in [6, 6.07) is 22.3. The summed E-state index contributed by atoms with van der Waals surface area (Å²) in [7, 11) is 1.42. The van der Waals surface area contributed by atoms with Gasteiger partial charge in [-0.25, -0.2) is 4.79 Å². The minimum absolute atomic E-state index is 0.261. The predicted molar refractivity (Wildman–Crippen MR) is 99.3 cm³/mol. The molecule has 132 valence electrons. The zero-order valence-corrected chi connectivity index (χ0v) is 14.7. The fraction of sp³-hybridized carbons (Fsp3) is 0.227. The van der Waals surface area contributed by atoms with E-state index in [-0.39, 0.29) is 12.1 Å². The van der Waals surface area contributed by atoms with Crippen LogP contribution in [0.5, 0.6) is 0 Å². The van der Waals surface area contributed by atoms with Crippen molar-refractivity contribution in [2.75, 3.05) is 13.7 Å². The molecule has 1 atom stereocenters. The number of esters is 1. The molecule has 0 saturated carbocycles. The van der Waals surface area contributed by atoms with Crippen LogP contribution in [0.25, 0.3) is 0 Å². The van der Waals surface area contributed by atoms with Crippen LogP contribution in [0.2, 0.25) is 0 Å². The number of hydrogen-bond acceptors (Lipinski definition) is 3. The quantitative estimate of drug-likeness (QED) is 0.670. The molecule has 4 nitrogen and oxygen atoms in total. The maximum absolute atomic E-state index is 12.4. The number of carbonyl (C=O) groups is 1. The van der Waals surface area contributed by atoms with Gasteiger partial charge in [-0.05, 0) is 17.2 Å². The van der Waals surface area contributed by atoms with Crippen LogP contribution in [0.1, 0.15) is 39.0 Å². The number of carbonyl (C=O) groups excluding carboxylic acids is 1. The molecule has 3 aromatic rings. The SMILES string of the molecule is COC(=O)c1cc(Cc2ccccc2)n2c1C(c1ccccc1)OCC2. The van der Waals surface area contributed by atoms with E-state index in [2.05, 4.69) is 16.7 Å². The molecule has 2 heterocycles. The summed E-state index contributed by atoms with van der Waals surface area (Å²) >= 11 is 0. The van der Waals surface area contributed by atoms with E-state index in [1.165, 1.54) is 12.7 Å². The Balaban J connectivity index is 1.81. The lowest BCUT2D eigenvalue weighted by atomic mass is 10.0. The van der Waals surface area contributed by atoms with E-state index < -0.39 is 0 Å². The molecule has 0 N–H and O–H groups in total. The third kappa shape index (κ3) is 3.04. The minimum atomic E-state index is -0.320. The smallest absolute Gasteiger partial charge is 0.339 e. The summed E-state index contributed by atoms with van der Waals surface area (Å²) in [5.41, 5.74) is 4.85. The van der Waals surface area contributed by atoms with Crippen molar-refractivity contribution in [3.63, 3.8) is 0 Å². The Morgan fingerprint density at radius 3 is 2.50 bits per heavy atom. The Morgan fingerprint density at radius 2 is 1.81 bits per heavy atom. The Bertz CT molecular complexity index is 900. The molecule has 1 aliphatic rings. The molecule has 1 aromatic heterocycles. The normalized spacial score (nSPS) is 16.1. The van der Waals surface area contributed by atoms with Gasteiger partial charge in [-0.2, -0.15) is 0 Å². The summed E-state index contributed by atoms with van der Waals surface area (Å²) in [6.07, 6.45) is 0.510. The average molecular weight is 347 g/mol. The Morgan fingerprint density at radius 1 is 1.12 bits per heavy atom. The highest BCUT2D eigenvalue weighted by Crippen LogP contribution is 2.35. The molecule has 1 aliphatic heterocycles. The van der Waals surface area contributed by atoms with Crippen molar-refractivity contribution in [3.05, 3.63) is 94.8 Å². The molecule has 0 amide bonds. The first-order valence-electron chi connectivity index (χ1n) is 8.79. The van der Waals surface area contributed by atoms with Gasteiger partial charge in [0.1, 0.15) is 6.10 Å².